The maximum atomic E-state index is 13.9. The van der Waals surface area contributed by atoms with Crippen molar-refractivity contribution in [3.63, 3.8) is 0 Å². The first-order valence-electron chi connectivity index (χ1n) is 12.0. The zero-order valence-electron chi connectivity index (χ0n) is 21.9. The van der Waals surface area contributed by atoms with E-state index in [0.29, 0.717) is 31.0 Å². The van der Waals surface area contributed by atoms with Crippen molar-refractivity contribution in [1.82, 2.24) is 9.97 Å². The lowest BCUT2D eigenvalue weighted by Crippen LogP contribution is -2.40. The zero-order chi connectivity index (χ0) is 27.6. The Kier molecular flexibility index (Phi) is 8.94. The van der Waals surface area contributed by atoms with Crippen molar-refractivity contribution in [3.05, 3.63) is 39.5 Å². The van der Waals surface area contributed by atoms with E-state index in [1.165, 1.54) is 0 Å². The van der Waals surface area contributed by atoms with Gasteiger partial charge in [-0.15, -0.1) is 0 Å². The maximum Gasteiger partial charge on any atom is 0.417 e. The van der Waals surface area contributed by atoms with Crippen molar-refractivity contribution >= 4 is 41.7 Å². The molecule has 1 aromatic carbocycles. The molecule has 1 aliphatic heterocycles. The summed E-state index contributed by atoms with van der Waals surface area (Å²) in [5.74, 6) is 0.386. The second-order valence-corrected chi connectivity index (χ2v) is 16.3. The average molecular weight is 601 g/mol. The van der Waals surface area contributed by atoms with Gasteiger partial charge in [-0.2, -0.15) is 23.4 Å². The Morgan fingerprint density at radius 2 is 1.97 bits per heavy atom. The van der Waals surface area contributed by atoms with Crippen molar-refractivity contribution in [2.75, 3.05) is 23.8 Å². The molecule has 1 aliphatic rings. The summed E-state index contributed by atoms with van der Waals surface area (Å²) in [5.41, 5.74) is 0.495. The minimum absolute atomic E-state index is 0.0362. The lowest BCUT2D eigenvalue weighted by molar-refractivity contribution is -0.138. The van der Waals surface area contributed by atoms with Gasteiger partial charge in [-0.25, -0.2) is 4.98 Å². The van der Waals surface area contributed by atoms with Crippen LogP contribution in [0.3, 0.4) is 0 Å². The minimum atomic E-state index is -4.57. The molecule has 37 heavy (non-hydrogen) atoms. The first kappa shape index (κ1) is 29.4. The van der Waals surface area contributed by atoms with Crippen molar-refractivity contribution in [2.45, 2.75) is 71.1 Å². The molecule has 2 heterocycles. The molecule has 7 nitrogen and oxygen atoms in total. The van der Waals surface area contributed by atoms with Gasteiger partial charge in [-0.05, 0) is 65.1 Å². The molecule has 0 radical (unpaired) electrons. The number of halogens is 4. The lowest BCUT2D eigenvalue weighted by Gasteiger charge is -2.36. The molecule has 3 rings (SSSR count). The molecule has 2 unspecified atom stereocenters. The number of ether oxygens (including phenoxy) is 1. The van der Waals surface area contributed by atoms with E-state index in [9.17, 15) is 18.4 Å². The largest absolute Gasteiger partial charge is 0.417 e. The molecule has 0 amide bonds. The van der Waals surface area contributed by atoms with Crippen molar-refractivity contribution in [3.8, 4) is 6.07 Å². The summed E-state index contributed by atoms with van der Waals surface area (Å²) in [6.07, 6.45) is -2.38. The zero-order valence-corrected chi connectivity index (χ0v) is 24.5. The summed E-state index contributed by atoms with van der Waals surface area (Å²) in [6, 6.07) is 4.68. The Hall–Kier alpha value is -2.20. The molecule has 2 aromatic rings. The fourth-order valence-corrected chi connectivity index (χ4v) is 5.05. The molecule has 0 bridgehead atoms. The standard InChI is InChI=1S/C25H33BrF3N5O2Si/c1-15-12-31-23(34-22(15)33-20-14-35-8-7-16(20)11-30)32-18-9-17(13-36-37(5,6)24(2,3)4)21(26)19(10-18)25(27,28)29/h9-10,12,16,20H,7-8,13-14H2,1-6H3,(H2,31,32,33,34). The highest BCUT2D eigenvalue weighted by atomic mass is 79.9. The highest BCUT2D eigenvalue weighted by molar-refractivity contribution is 9.10. The molecular weight excluding hydrogens is 567 g/mol. The first-order valence-corrected chi connectivity index (χ1v) is 15.7. The molecule has 1 aromatic heterocycles. The molecular formula is C25H33BrF3N5O2Si. The third-order valence-electron chi connectivity index (χ3n) is 6.92. The smallest absolute Gasteiger partial charge is 0.413 e. The van der Waals surface area contributed by atoms with Crippen LogP contribution >= 0.6 is 15.9 Å². The predicted molar refractivity (Wildman–Crippen MR) is 143 cm³/mol. The molecule has 1 fully saturated rings. The van der Waals surface area contributed by atoms with Gasteiger partial charge in [0.25, 0.3) is 0 Å². The average Bonchev–Trinajstić information content (AvgIpc) is 2.80. The Morgan fingerprint density at radius 3 is 2.59 bits per heavy atom. The second-order valence-electron chi connectivity index (χ2n) is 10.7. The van der Waals surface area contributed by atoms with Crippen LogP contribution in [0.25, 0.3) is 0 Å². The molecule has 0 spiro atoms. The van der Waals surface area contributed by atoms with Crippen LogP contribution in [-0.4, -0.2) is 37.5 Å². The Labute approximate surface area is 225 Å². The van der Waals surface area contributed by atoms with Crippen LogP contribution in [0.1, 0.15) is 43.9 Å². The Morgan fingerprint density at radius 1 is 1.27 bits per heavy atom. The van der Waals surface area contributed by atoms with Crippen LogP contribution in [0.2, 0.25) is 18.1 Å². The van der Waals surface area contributed by atoms with Gasteiger partial charge in [0.15, 0.2) is 8.32 Å². The molecule has 12 heteroatoms. The van der Waals surface area contributed by atoms with Crippen molar-refractivity contribution < 1.29 is 22.3 Å². The van der Waals surface area contributed by atoms with Gasteiger partial charge < -0.3 is 19.8 Å². The van der Waals surface area contributed by atoms with E-state index < -0.39 is 20.1 Å². The number of benzene rings is 1. The molecule has 2 N–H and O–H groups in total. The predicted octanol–water partition coefficient (Wildman–Crippen LogP) is 7.17. The van der Waals surface area contributed by atoms with Crippen molar-refractivity contribution in [1.29, 1.82) is 5.26 Å². The number of aryl methyl sites for hydroxylation is 1. The number of nitriles is 1. The summed E-state index contributed by atoms with van der Waals surface area (Å²) in [7, 11) is -2.20. The van der Waals surface area contributed by atoms with Crippen LogP contribution in [0.5, 0.6) is 0 Å². The number of hydrogen-bond donors (Lipinski definition) is 2. The van der Waals surface area contributed by atoms with Gasteiger partial charge >= 0.3 is 6.18 Å². The van der Waals surface area contributed by atoms with Crippen LogP contribution in [-0.2, 0) is 21.9 Å². The van der Waals surface area contributed by atoms with Gasteiger partial charge in [-0.3, -0.25) is 0 Å². The maximum absolute atomic E-state index is 13.9. The van der Waals surface area contributed by atoms with Gasteiger partial charge in [-0.1, -0.05) is 20.8 Å². The number of nitrogens with one attached hydrogen (secondary N) is 2. The molecule has 1 saturated heterocycles. The summed E-state index contributed by atoms with van der Waals surface area (Å²) in [5, 5.41) is 15.5. The monoisotopic (exact) mass is 599 g/mol. The minimum Gasteiger partial charge on any atom is -0.413 e. The molecule has 202 valence electrons. The second kappa shape index (κ2) is 11.3. The van der Waals surface area contributed by atoms with Gasteiger partial charge in [0, 0.05) is 28.5 Å². The van der Waals surface area contributed by atoms with E-state index in [0.717, 1.165) is 11.6 Å². The number of anilines is 3. The van der Waals surface area contributed by atoms with Crippen LogP contribution in [0.4, 0.5) is 30.6 Å². The summed E-state index contributed by atoms with van der Waals surface area (Å²) in [6.45, 7) is 13.1. The highest BCUT2D eigenvalue weighted by Crippen LogP contribution is 2.41. The topological polar surface area (TPSA) is 92.1 Å². The van der Waals surface area contributed by atoms with E-state index in [2.05, 4.69) is 76.5 Å². The number of rotatable bonds is 7. The molecule has 0 saturated carbocycles. The SMILES string of the molecule is Cc1cnc(Nc2cc(CO[Si](C)(C)C(C)(C)C)c(Br)c(C(F)(F)F)c2)nc1NC1COCCC1C#N. The van der Waals surface area contributed by atoms with Gasteiger partial charge in [0.05, 0.1) is 36.8 Å². The van der Waals surface area contributed by atoms with E-state index >= 15 is 0 Å². The Balaban J connectivity index is 1.90. The third kappa shape index (κ3) is 7.22. The summed E-state index contributed by atoms with van der Waals surface area (Å²) >= 11 is 3.15. The van der Waals surface area contributed by atoms with Crippen molar-refractivity contribution in [2.24, 2.45) is 5.92 Å². The number of nitrogens with zero attached hydrogens (tertiary/aromatic N) is 3. The fourth-order valence-electron chi connectivity index (χ4n) is 3.53. The van der Waals surface area contributed by atoms with E-state index in [4.69, 9.17) is 9.16 Å². The van der Waals surface area contributed by atoms with E-state index in [-0.39, 0.29) is 39.7 Å². The summed E-state index contributed by atoms with van der Waals surface area (Å²) in [4.78, 5) is 8.73. The third-order valence-corrected chi connectivity index (χ3v) is 12.3. The Bertz CT molecular complexity index is 1160. The summed E-state index contributed by atoms with van der Waals surface area (Å²) < 4.78 is 53.3. The first-order chi connectivity index (χ1) is 17.1. The number of aromatic nitrogens is 2. The van der Waals surface area contributed by atoms with E-state index in [1.54, 1.807) is 12.3 Å². The molecule has 2 atom stereocenters. The molecule has 0 aliphatic carbocycles. The normalized spacial score (nSPS) is 18.8. The lowest BCUT2D eigenvalue weighted by atomic mass is 9.96. The fraction of sp³-hybridized carbons (Fsp3) is 0.560. The van der Waals surface area contributed by atoms with Gasteiger partial charge in [0.1, 0.15) is 5.82 Å². The quantitative estimate of drug-likeness (QED) is 0.326. The number of alkyl halides is 3. The van der Waals surface area contributed by atoms with Crippen LogP contribution < -0.4 is 10.6 Å². The number of hydrogen-bond acceptors (Lipinski definition) is 7. The van der Waals surface area contributed by atoms with Crippen LogP contribution in [0, 0.1) is 24.2 Å². The van der Waals surface area contributed by atoms with Gasteiger partial charge in [0.2, 0.25) is 5.95 Å². The highest BCUT2D eigenvalue weighted by Gasteiger charge is 2.38. The van der Waals surface area contributed by atoms with Crippen LogP contribution in [0.15, 0.2) is 22.8 Å². The van der Waals surface area contributed by atoms with E-state index in [1.807, 2.05) is 6.92 Å².